The monoisotopic (exact) mass is 264 g/mol. The van der Waals surface area contributed by atoms with Crippen LogP contribution in [0.25, 0.3) is 0 Å². The van der Waals surface area contributed by atoms with Crippen LogP contribution in [0.4, 0.5) is 0 Å². The standard InChI is InChI=1S/C14H20N2OS/c1-3-16(9-8-13(15)18)14(17)10-12-6-4-11(2)5-7-12/h4-7H,3,8-10H2,1-2H3,(H2,15,18). The fourth-order valence-corrected chi connectivity index (χ4v) is 1.79. The second-order valence-electron chi connectivity index (χ2n) is 4.35. The van der Waals surface area contributed by atoms with Crippen LogP contribution in [0.15, 0.2) is 24.3 Å². The Labute approximate surface area is 114 Å². The molecule has 1 aromatic carbocycles. The molecule has 0 aliphatic rings. The van der Waals surface area contributed by atoms with Crippen molar-refractivity contribution in [3.63, 3.8) is 0 Å². The first-order valence-corrected chi connectivity index (χ1v) is 6.55. The maximum atomic E-state index is 12.1. The van der Waals surface area contributed by atoms with Gasteiger partial charge in [-0.15, -0.1) is 0 Å². The molecule has 0 spiro atoms. The van der Waals surface area contributed by atoms with Gasteiger partial charge in [0.15, 0.2) is 0 Å². The molecule has 0 saturated heterocycles. The number of carbonyl (C=O) groups excluding carboxylic acids is 1. The molecule has 0 bridgehead atoms. The van der Waals surface area contributed by atoms with Crippen LogP contribution in [0, 0.1) is 6.92 Å². The highest BCUT2D eigenvalue weighted by Crippen LogP contribution is 2.06. The van der Waals surface area contributed by atoms with Crippen molar-refractivity contribution in [2.45, 2.75) is 26.7 Å². The molecule has 1 amide bonds. The Morgan fingerprint density at radius 1 is 1.33 bits per heavy atom. The van der Waals surface area contributed by atoms with Crippen LogP contribution in [-0.2, 0) is 11.2 Å². The third-order valence-corrected chi connectivity index (χ3v) is 3.04. The van der Waals surface area contributed by atoms with Crippen LogP contribution in [0.1, 0.15) is 24.5 Å². The van der Waals surface area contributed by atoms with E-state index in [1.54, 1.807) is 4.90 Å². The molecule has 0 fully saturated rings. The third kappa shape index (κ3) is 4.84. The molecule has 4 heteroatoms. The lowest BCUT2D eigenvalue weighted by molar-refractivity contribution is -0.130. The van der Waals surface area contributed by atoms with Crippen molar-refractivity contribution in [2.75, 3.05) is 13.1 Å². The quantitative estimate of drug-likeness (QED) is 0.800. The Bertz CT molecular complexity index is 414. The summed E-state index contributed by atoms with van der Waals surface area (Å²) in [5, 5.41) is 0. The van der Waals surface area contributed by atoms with E-state index in [0.717, 1.165) is 5.56 Å². The summed E-state index contributed by atoms with van der Waals surface area (Å²) in [6.45, 7) is 5.29. The number of benzene rings is 1. The van der Waals surface area contributed by atoms with Gasteiger partial charge in [-0.05, 0) is 19.4 Å². The summed E-state index contributed by atoms with van der Waals surface area (Å²) in [6.07, 6.45) is 1.02. The second kappa shape index (κ2) is 7.11. The number of nitrogens with two attached hydrogens (primary N) is 1. The van der Waals surface area contributed by atoms with E-state index in [9.17, 15) is 4.79 Å². The molecular weight excluding hydrogens is 244 g/mol. The predicted molar refractivity (Wildman–Crippen MR) is 78.5 cm³/mol. The number of thiocarbonyl (C=S) groups is 1. The van der Waals surface area contributed by atoms with E-state index in [1.165, 1.54) is 5.56 Å². The normalized spacial score (nSPS) is 10.1. The van der Waals surface area contributed by atoms with Crippen molar-refractivity contribution >= 4 is 23.1 Å². The minimum Gasteiger partial charge on any atom is -0.393 e. The number of rotatable bonds is 6. The van der Waals surface area contributed by atoms with Crippen LogP contribution in [0.3, 0.4) is 0 Å². The van der Waals surface area contributed by atoms with Crippen molar-refractivity contribution in [1.29, 1.82) is 0 Å². The fourth-order valence-electron chi connectivity index (χ4n) is 1.70. The molecule has 3 nitrogen and oxygen atoms in total. The number of hydrogen-bond acceptors (Lipinski definition) is 2. The Morgan fingerprint density at radius 2 is 1.94 bits per heavy atom. The van der Waals surface area contributed by atoms with Gasteiger partial charge in [-0.25, -0.2) is 0 Å². The highest BCUT2D eigenvalue weighted by atomic mass is 32.1. The molecule has 2 N–H and O–H groups in total. The summed E-state index contributed by atoms with van der Waals surface area (Å²) in [7, 11) is 0. The molecule has 0 saturated carbocycles. The van der Waals surface area contributed by atoms with Crippen molar-refractivity contribution in [1.82, 2.24) is 4.90 Å². The Hall–Kier alpha value is -1.42. The average Bonchev–Trinajstić information content (AvgIpc) is 2.32. The van der Waals surface area contributed by atoms with Gasteiger partial charge in [0, 0.05) is 19.5 Å². The Morgan fingerprint density at radius 3 is 2.44 bits per heavy atom. The highest BCUT2D eigenvalue weighted by molar-refractivity contribution is 7.80. The molecular formula is C14H20N2OS. The number of aryl methyl sites for hydroxylation is 1. The predicted octanol–water partition coefficient (Wildman–Crippen LogP) is 2.06. The summed E-state index contributed by atoms with van der Waals surface area (Å²) in [5.74, 6) is 0.123. The first-order chi connectivity index (χ1) is 8.52. The van der Waals surface area contributed by atoms with Crippen LogP contribution < -0.4 is 5.73 Å². The van der Waals surface area contributed by atoms with Gasteiger partial charge in [-0.2, -0.15) is 0 Å². The van der Waals surface area contributed by atoms with E-state index in [-0.39, 0.29) is 5.91 Å². The van der Waals surface area contributed by atoms with Crippen molar-refractivity contribution in [3.05, 3.63) is 35.4 Å². The molecule has 0 atom stereocenters. The highest BCUT2D eigenvalue weighted by Gasteiger charge is 2.12. The number of likely N-dealkylation sites (N-methyl/N-ethyl adjacent to an activating group) is 1. The topological polar surface area (TPSA) is 46.3 Å². The Kier molecular flexibility index (Phi) is 5.78. The van der Waals surface area contributed by atoms with Crippen molar-refractivity contribution < 1.29 is 4.79 Å². The van der Waals surface area contributed by atoms with E-state index in [0.29, 0.717) is 30.9 Å². The van der Waals surface area contributed by atoms with E-state index in [1.807, 2.05) is 38.1 Å². The summed E-state index contributed by atoms with van der Waals surface area (Å²) in [6, 6.07) is 8.03. The molecule has 0 aliphatic heterocycles. The maximum absolute atomic E-state index is 12.1. The smallest absolute Gasteiger partial charge is 0.226 e. The van der Waals surface area contributed by atoms with E-state index in [2.05, 4.69) is 0 Å². The maximum Gasteiger partial charge on any atom is 0.226 e. The van der Waals surface area contributed by atoms with Gasteiger partial charge in [0.2, 0.25) is 5.91 Å². The lowest BCUT2D eigenvalue weighted by Crippen LogP contribution is -2.34. The molecule has 1 rings (SSSR count). The first kappa shape index (κ1) is 14.6. The lowest BCUT2D eigenvalue weighted by Gasteiger charge is -2.20. The molecule has 1 aromatic rings. The van der Waals surface area contributed by atoms with Gasteiger partial charge >= 0.3 is 0 Å². The summed E-state index contributed by atoms with van der Waals surface area (Å²) in [5.41, 5.74) is 7.70. The molecule has 18 heavy (non-hydrogen) atoms. The second-order valence-corrected chi connectivity index (χ2v) is 4.88. The Balaban J connectivity index is 2.56. The number of carbonyl (C=O) groups is 1. The number of nitrogens with zero attached hydrogens (tertiary/aromatic N) is 1. The van der Waals surface area contributed by atoms with Crippen LogP contribution in [0.2, 0.25) is 0 Å². The molecule has 98 valence electrons. The minimum absolute atomic E-state index is 0.123. The average molecular weight is 264 g/mol. The van der Waals surface area contributed by atoms with E-state index < -0.39 is 0 Å². The minimum atomic E-state index is 0.123. The summed E-state index contributed by atoms with van der Waals surface area (Å²) < 4.78 is 0. The van der Waals surface area contributed by atoms with Gasteiger partial charge in [0.25, 0.3) is 0 Å². The first-order valence-electron chi connectivity index (χ1n) is 6.14. The lowest BCUT2D eigenvalue weighted by atomic mass is 10.1. The van der Waals surface area contributed by atoms with E-state index >= 15 is 0 Å². The van der Waals surface area contributed by atoms with Crippen LogP contribution >= 0.6 is 12.2 Å². The van der Waals surface area contributed by atoms with Gasteiger partial charge in [-0.1, -0.05) is 42.0 Å². The SMILES string of the molecule is CCN(CCC(N)=S)C(=O)Cc1ccc(C)cc1. The number of amides is 1. The largest absolute Gasteiger partial charge is 0.393 e. The molecule has 0 aliphatic carbocycles. The van der Waals surface area contributed by atoms with Gasteiger partial charge in [0.1, 0.15) is 0 Å². The molecule has 0 aromatic heterocycles. The van der Waals surface area contributed by atoms with Crippen molar-refractivity contribution in [2.24, 2.45) is 5.73 Å². The fraction of sp³-hybridized carbons (Fsp3) is 0.429. The van der Waals surface area contributed by atoms with Gasteiger partial charge in [0.05, 0.1) is 11.4 Å². The van der Waals surface area contributed by atoms with Crippen molar-refractivity contribution in [3.8, 4) is 0 Å². The van der Waals surface area contributed by atoms with Crippen LogP contribution in [-0.4, -0.2) is 28.9 Å². The zero-order chi connectivity index (χ0) is 13.5. The zero-order valence-corrected chi connectivity index (χ0v) is 11.8. The van der Waals surface area contributed by atoms with E-state index in [4.69, 9.17) is 18.0 Å². The zero-order valence-electron chi connectivity index (χ0n) is 11.0. The van der Waals surface area contributed by atoms with Gasteiger partial charge < -0.3 is 10.6 Å². The number of hydrogen-bond donors (Lipinski definition) is 1. The molecule has 0 heterocycles. The third-order valence-electron chi connectivity index (χ3n) is 2.84. The summed E-state index contributed by atoms with van der Waals surface area (Å²) in [4.78, 5) is 14.3. The molecule has 0 unspecified atom stereocenters. The molecule has 0 radical (unpaired) electrons. The van der Waals surface area contributed by atoms with Gasteiger partial charge in [-0.3, -0.25) is 4.79 Å². The summed E-state index contributed by atoms with van der Waals surface area (Å²) >= 11 is 4.83. The van der Waals surface area contributed by atoms with Crippen LogP contribution in [0.5, 0.6) is 0 Å².